The zero-order valence-electron chi connectivity index (χ0n) is 14.0. The fraction of sp³-hybridized carbons (Fsp3) is 0.111. The van der Waals surface area contributed by atoms with Crippen molar-refractivity contribution in [2.75, 3.05) is 5.32 Å². The summed E-state index contributed by atoms with van der Waals surface area (Å²) in [5, 5.41) is 7.97. The van der Waals surface area contributed by atoms with E-state index in [-0.39, 0.29) is 11.9 Å². The Morgan fingerprint density at radius 2 is 1.96 bits per heavy atom. The van der Waals surface area contributed by atoms with E-state index >= 15 is 0 Å². The highest BCUT2D eigenvalue weighted by molar-refractivity contribution is 7.15. The van der Waals surface area contributed by atoms with Gasteiger partial charge in [-0.05, 0) is 19.1 Å². The number of amides is 1. The van der Waals surface area contributed by atoms with E-state index in [9.17, 15) is 4.79 Å². The van der Waals surface area contributed by atoms with Gasteiger partial charge in [0, 0.05) is 35.9 Å². The lowest BCUT2D eigenvalue weighted by Crippen LogP contribution is -2.27. The van der Waals surface area contributed by atoms with Gasteiger partial charge in [-0.1, -0.05) is 18.2 Å². The van der Waals surface area contributed by atoms with Crippen molar-refractivity contribution in [3.8, 4) is 0 Å². The number of imidazole rings is 1. The van der Waals surface area contributed by atoms with Crippen molar-refractivity contribution in [2.45, 2.75) is 13.0 Å². The Kier molecular flexibility index (Phi) is 4.32. The van der Waals surface area contributed by atoms with Gasteiger partial charge in [-0.2, -0.15) is 0 Å². The third-order valence-electron chi connectivity index (χ3n) is 3.85. The smallest absolute Gasteiger partial charge is 0.254 e. The summed E-state index contributed by atoms with van der Waals surface area (Å²) < 4.78 is 1.94. The second-order valence-corrected chi connectivity index (χ2v) is 6.61. The van der Waals surface area contributed by atoms with Crippen molar-refractivity contribution in [1.29, 1.82) is 0 Å². The molecule has 0 aliphatic heterocycles. The van der Waals surface area contributed by atoms with Crippen LogP contribution in [0.2, 0.25) is 0 Å². The number of para-hydroxylation sites is 1. The number of thiazole rings is 1. The van der Waals surface area contributed by atoms with E-state index in [0.717, 1.165) is 16.3 Å². The third-order valence-corrected chi connectivity index (χ3v) is 4.62. The number of carbonyl (C=O) groups is 1. The first-order valence-corrected chi connectivity index (χ1v) is 8.94. The highest BCUT2D eigenvalue weighted by Crippen LogP contribution is 2.17. The Hall–Kier alpha value is -3.26. The highest BCUT2D eigenvalue weighted by atomic mass is 32.1. The SMILES string of the molecule is C[C@@H](NC(=O)c1cnc(Nc2ccccc2)nc1)c1cn2ccsc2n1. The van der Waals surface area contributed by atoms with Gasteiger partial charge in [-0.15, -0.1) is 11.3 Å². The molecule has 130 valence electrons. The van der Waals surface area contributed by atoms with E-state index in [2.05, 4.69) is 25.6 Å². The fourth-order valence-electron chi connectivity index (χ4n) is 2.47. The summed E-state index contributed by atoms with van der Waals surface area (Å²) in [5.41, 5.74) is 2.10. The van der Waals surface area contributed by atoms with Crippen LogP contribution in [0.4, 0.5) is 11.6 Å². The summed E-state index contributed by atoms with van der Waals surface area (Å²) in [6, 6.07) is 9.40. The molecule has 1 aromatic carbocycles. The average Bonchev–Trinajstić information content (AvgIpc) is 3.25. The van der Waals surface area contributed by atoms with Crippen LogP contribution in [0.3, 0.4) is 0 Å². The standard InChI is InChI=1S/C18H16N6OS/c1-12(15-11-24-7-8-26-18(24)23-15)21-16(25)13-9-19-17(20-10-13)22-14-5-3-2-4-6-14/h2-12H,1H3,(H,21,25)(H,19,20,22)/t12-/m1/s1. The fourth-order valence-corrected chi connectivity index (χ4v) is 3.18. The molecule has 2 N–H and O–H groups in total. The lowest BCUT2D eigenvalue weighted by atomic mass is 10.2. The Balaban J connectivity index is 1.42. The molecule has 0 aliphatic carbocycles. The van der Waals surface area contributed by atoms with Gasteiger partial charge in [0.1, 0.15) is 0 Å². The van der Waals surface area contributed by atoms with Gasteiger partial charge in [0.25, 0.3) is 5.91 Å². The van der Waals surface area contributed by atoms with Crippen molar-refractivity contribution in [3.63, 3.8) is 0 Å². The van der Waals surface area contributed by atoms with Crippen LogP contribution in [-0.4, -0.2) is 25.3 Å². The summed E-state index contributed by atoms with van der Waals surface area (Å²) in [4.78, 5) is 26.2. The van der Waals surface area contributed by atoms with Crippen LogP contribution in [0, 0.1) is 0 Å². The summed E-state index contributed by atoms with van der Waals surface area (Å²) in [6.45, 7) is 1.90. The van der Waals surface area contributed by atoms with Crippen LogP contribution < -0.4 is 10.6 Å². The molecule has 0 saturated carbocycles. The monoisotopic (exact) mass is 364 g/mol. The molecule has 4 aromatic rings. The lowest BCUT2D eigenvalue weighted by molar-refractivity contribution is 0.0938. The van der Waals surface area contributed by atoms with Crippen LogP contribution in [0.5, 0.6) is 0 Å². The highest BCUT2D eigenvalue weighted by Gasteiger charge is 2.15. The number of nitrogens with zero attached hydrogens (tertiary/aromatic N) is 4. The topological polar surface area (TPSA) is 84.2 Å². The molecule has 0 saturated heterocycles. The first kappa shape index (κ1) is 16.2. The number of rotatable bonds is 5. The molecule has 0 unspecified atom stereocenters. The van der Waals surface area contributed by atoms with Gasteiger partial charge in [-0.3, -0.25) is 9.20 Å². The second-order valence-electron chi connectivity index (χ2n) is 5.74. The molecule has 0 spiro atoms. The molecule has 1 amide bonds. The summed E-state index contributed by atoms with van der Waals surface area (Å²) in [7, 11) is 0. The third kappa shape index (κ3) is 3.40. The maximum absolute atomic E-state index is 12.4. The molecular formula is C18H16N6OS. The number of aromatic nitrogens is 4. The minimum atomic E-state index is -0.236. The molecule has 0 radical (unpaired) electrons. The number of fused-ring (bicyclic) bond motifs is 1. The molecule has 0 fully saturated rings. The predicted molar refractivity (Wildman–Crippen MR) is 101 cm³/mol. The Morgan fingerprint density at radius 1 is 1.19 bits per heavy atom. The first-order valence-electron chi connectivity index (χ1n) is 8.06. The van der Waals surface area contributed by atoms with Crippen LogP contribution in [-0.2, 0) is 0 Å². The number of benzene rings is 1. The van der Waals surface area contributed by atoms with Crippen molar-refractivity contribution in [2.24, 2.45) is 0 Å². The van der Waals surface area contributed by atoms with Gasteiger partial charge in [0.05, 0.1) is 17.3 Å². The first-order chi connectivity index (χ1) is 12.7. The van der Waals surface area contributed by atoms with Gasteiger partial charge >= 0.3 is 0 Å². The molecule has 3 aromatic heterocycles. The van der Waals surface area contributed by atoms with E-state index in [4.69, 9.17) is 0 Å². The van der Waals surface area contributed by atoms with Crippen molar-refractivity contribution < 1.29 is 4.79 Å². The Morgan fingerprint density at radius 3 is 2.69 bits per heavy atom. The summed E-state index contributed by atoms with van der Waals surface area (Å²) >= 11 is 1.56. The molecule has 26 heavy (non-hydrogen) atoms. The summed E-state index contributed by atoms with van der Waals surface area (Å²) in [5.74, 6) is 0.204. The molecule has 0 bridgehead atoms. The maximum atomic E-state index is 12.4. The Labute approximate surface area is 153 Å². The molecule has 1 atom stereocenters. The molecule has 7 nitrogen and oxygen atoms in total. The predicted octanol–water partition coefficient (Wildman–Crippen LogP) is 3.42. The van der Waals surface area contributed by atoms with E-state index in [0.29, 0.717) is 11.5 Å². The van der Waals surface area contributed by atoms with Crippen LogP contribution in [0.1, 0.15) is 29.0 Å². The molecule has 3 heterocycles. The van der Waals surface area contributed by atoms with Crippen molar-refractivity contribution >= 4 is 33.8 Å². The van der Waals surface area contributed by atoms with E-state index < -0.39 is 0 Å². The normalized spacial score (nSPS) is 12.0. The molecule has 4 rings (SSSR count). The zero-order valence-corrected chi connectivity index (χ0v) is 14.8. The van der Waals surface area contributed by atoms with E-state index in [1.54, 1.807) is 11.3 Å². The number of anilines is 2. The Bertz CT molecular complexity index is 996. The van der Waals surface area contributed by atoms with Crippen LogP contribution in [0.15, 0.2) is 60.5 Å². The van der Waals surface area contributed by atoms with Gasteiger partial charge in [-0.25, -0.2) is 15.0 Å². The quantitative estimate of drug-likeness (QED) is 0.567. The maximum Gasteiger partial charge on any atom is 0.254 e. The van der Waals surface area contributed by atoms with Gasteiger partial charge < -0.3 is 10.6 Å². The van der Waals surface area contributed by atoms with Gasteiger partial charge in [0.2, 0.25) is 5.95 Å². The van der Waals surface area contributed by atoms with E-state index in [1.165, 1.54) is 12.4 Å². The number of hydrogen-bond acceptors (Lipinski definition) is 6. The zero-order chi connectivity index (χ0) is 17.9. The minimum absolute atomic E-state index is 0.211. The second kappa shape index (κ2) is 6.93. The van der Waals surface area contributed by atoms with E-state index in [1.807, 2.05) is 59.4 Å². The van der Waals surface area contributed by atoms with Crippen molar-refractivity contribution in [1.82, 2.24) is 24.7 Å². The molecule has 0 aliphatic rings. The molecule has 8 heteroatoms. The number of hydrogen-bond donors (Lipinski definition) is 2. The van der Waals surface area contributed by atoms with Crippen molar-refractivity contribution in [3.05, 3.63) is 71.8 Å². The molecular weight excluding hydrogens is 348 g/mol. The van der Waals surface area contributed by atoms with Crippen LogP contribution >= 0.6 is 11.3 Å². The van der Waals surface area contributed by atoms with Crippen LogP contribution in [0.25, 0.3) is 4.96 Å². The summed E-state index contributed by atoms with van der Waals surface area (Å²) in [6.07, 6.45) is 6.87. The minimum Gasteiger partial charge on any atom is -0.344 e. The number of nitrogens with one attached hydrogen (secondary N) is 2. The lowest BCUT2D eigenvalue weighted by Gasteiger charge is -2.11. The number of carbonyl (C=O) groups excluding carboxylic acids is 1. The average molecular weight is 364 g/mol. The largest absolute Gasteiger partial charge is 0.344 e. The van der Waals surface area contributed by atoms with Gasteiger partial charge in [0.15, 0.2) is 4.96 Å².